The van der Waals surface area contributed by atoms with Crippen LogP contribution in [-0.4, -0.2) is 52.6 Å². The predicted octanol–water partition coefficient (Wildman–Crippen LogP) is 9.95. The van der Waals surface area contributed by atoms with Crippen LogP contribution in [0.15, 0.2) is 108 Å². The maximum Gasteiger partial charge on any atom is 0.303 e. The monoisotopic (exact) mass is 801 g/mol. The maximum atomic E-state index is 11.6. The number of carbonyl (C=O) groups is 2. The van der Waals surface area contributed by atoms with Gasteiger partial charge in [-0.1, -0.05) is 58.4 Å². The Morgan fingerprint density at radius 1 is 0.881 bits per heavy atom. The Labute approximate surface area is 350 Å². The van der Waals surface area contributed by atoms with Crippen LogP contribution in [0.4, 0.5) is 11.4 Å². The number of pyridine rings is 1. The summed E-state index contributed by atoms with van der Waals surface area (Å²) in [5, 5.41) is 19.0. The van der Waals surface area contributed by atoms with Gasteiger partial charge >= 0.3 is 11.9 Å². The predicted molar refractivity (Wildman–Crippen MR) is 234 cm³/mol. The number of anilines is 1. The van der Waals surface area contributed by atoms with E-state index in [1.807, 2.05) is 17.7 Å². The Balaban J connectivity index is 1.48. The number of carboxylic acid groups (broad SMARTS) is 2. The molecule has 3 aliphatic rings. The zero-order valence-corrected chi connectivity index (χ0v) is 36.7. The average molecular weight is 802 g/mol. The number of benzene rings is 2. The van der Waals surface area contributed by atoms with Gasteiger partial charge in [0, 0.05) is 77.0 Å². The fourth-order valence-electron chi connectivity index (χ4n) is 8.91. The number of nitrogens with zero attached hydrogens (tertiary/aromatic N) is 3. The highest BCUT2D eigenvalue weighted by atomic mass is 16.5. The van der Waals surface area contributed by atoms with Gasteiger partial charge in [0.1, 0.15) is 31.2 Å². The Morgan fingerprint density at radius 2 is 1.58 bits per heavy atom. The fourth-order valence-corrected chi connectivity index (χ4v) is 8.91. The van der Waals surface area contributed by atoms with Gasteiger partial charge < -0.3 is 24.6 Å². The lowest BCUT2D eigenvalue weighted by atomic mass is 9.81. The molecule has 2 aliphatic heterocycles. The third kappa shape index (κ3) is 9.09. The molecule has 2 aromatic carbocycles. The molecule has 1 aliphatic carbocycles. The molecule has 1 atom stereocenters. The molecule has 6 rings (SSSR count). The second-order valence-corrected chi connectivity index (χ2v) is 18.4. The van der Waals surface area contributed by atoms with E-state index in [0.29, 0.717) is 25.9 Å². The Hall–Kier alpha value is -5.44. The van der Waals surface area contributed by atoms with Gasteiger partial charge in [0.2, 0.25) is 5.69 Å². The van der Waals surface area contributed by atoms with E-state index in [0.717, 1.165) is 69.4 Å². The fraction of sp³-hybridized carbons (Fsp3) is 0.440. The summed E-state index contributed by atoms with van der Waals surface area (Å²) in [6.45, 7) is 18.9. The summed E-state index contributed by atoms with van der Waals surface area (Å²) in [7, 11) is 3.70. The smallest absolute Gasteiger partial charge is 0.303 e. The largest absolute Gasteiger partial charge is 0.497 e. The SMILES string of the molecule is COc1ccc2c(c1)C(C)(C)C(/C=C/C1=C(OC(c3cc[n+](C)cc3)C(C)(C)C)C(=C/C=C3/N(CCCC(=O)O)c4ccc(C)cc4C3(C)C)/CC1)=[N+]2CCCC(=O)O. The molecule has 312 valence electrons. The van der Waals surface area contributed by atoms with Crippen molar-refractivity contribution in [1.29, 1.82) is 0 Å². The molecule has 3 heterocycles. The van der Waals surface area contributed by atoms with E-state index in [1.165, 1.54) is 11.1 Å². The van der Waals surface area contributed by atoms with Gasteiger partial charge in [0.25, 0.3) is 0 Å². The van der Waals surface area contributed by atoms with Crippen LogP contribution in [0.2, 0.25) is 0 Å². The van der Waals surface area contributed by atoms with Crippen LogP contribution < -0.4 is 14.2 Å². The molecule has 9 heteroatoms. The molecule has 0 bridgehead atoms. The first-order chi connectivity index (χ1) is 27.8. The minimum Gasteiger partial charge on any atom is -0.497 e. The number of carboxylic acids is 2. The highest BCUT2D eigenvalue weighted by Gasteiger charge is 2.45. The van der Waals surface area contributed by atoms with Crippen LogP contribution >= 0.6 is 0 Å². The number of aromatic nitrogens is 1. The van der Waals surface area contributed by atoms with Gasteiger partial charge in [0.15, 0.2) is 18.1 Å². The summed E-state index contributed by atoms with van der Waals surface area (Å²) in [5.74, 6) is 0.0791. The van der Waals surface area contributed by atoms with Crippen molar-refractivity contribution in [3.8, 4) is 5.75 Å². The quantitative estimate of drug-likeness (QED) is 0.148. The molecule has 1 unspecified atom stereocenters. The molecule has 0 fully saturated rings. The Bertz CT molecular complexity index is 2270. The number of allylic oxidation sites excluding steroid dienone is 7. The molecular formula is C50H63N3O6+2. The zero-order valence-electron chi connectivity index (χ0n) is 36.7. The van der Waals surface area contributed by atoms with E-state index >= 15 is 0 Å². The first kappa shape index (κ1) is 43.1. The van der Waals surface area contributed by atoms with Crippen LogP contribution in [0.25, 0.3) is 0 Å². The van der Waals surface area contributed by atoms with Crippen molar-refractivity contribution < 1.29 is 38.4 Å². The zero-order chi connectivity index (χ0) is 42.9. The molecule has 0 radical (unpaired) electrons. The number of aliphatic carboxylic acids is 2. The van der Waals surface area contributed by atoms with Crippen LogP contribution in [0.3, 0.4) is 0 Å². The number of methoxy groups -OCH3 is 1. The number of hydrogen-bond acceptors (Lipinski definition) is 5. The maximum absolute atomic E-state index is 11.6. The molecule has 0 spiro atoms. The minimum atomic E-state index is -0.799. The number of fused-ring (bicyclic) bond motifs is 2. The highest BCUT2D eigenvalue weighted by molar-refractivity contribution is 6.03. The summed E-state index contributed by atoms with van der Waals surface area (Å²) in [5.41, 5.74) is 10.4. The van der Waals surface area contributed by atoms with Crippen molar-refractivity contribution in [2.45, 2.75) is 111 Å². The lowest BCUT2D eigenvalue weighted by Gasteiger charge is -2.32. The van der Waals surface area contributed by atoms with Crippen molar-refractivity contribution in [2.75, 3.05) is 25.1 Å². The second-order valence-electron chi connectivity index (χ2n) is 18.4. The number of aryl methyl sites for hydroxylation is 2. The van der Waals surface area contributed by atoms with E-state index in [9.17, 15) is 19.8 Å². The molecule has 2 N–H and O–H groups in total. The third-order valence-electron chi connectivity index (χ3n) is 12.2. The van der Waals surface area contributed by atoms with Gasteiger partial charge in [-0.05, 0) is 87.1 Å². The molecule has 1 aromatic heterocycles. The van der Waals surface area contributed by atoms with Gasteiger partial charge in [-0.15, -0.1) is 0 Å². The topological polar surface area (TPSA) is 103 Å². The van der Waals surface area contributed by atoms with Crippen molar-refractivity contribution in [2.24, 2.45) is 12.5 Å². The third-order valence-corrected chi connectivity index (χ3v) is 12.2. The molecule has 0 saturated heterocycles. The van der Waals surface area contributed by atoms with Crippen LogP contribution in [0.5, 0.6) is 5.75 Å². The van der Waals surface area contributed by atoms with E-state index in [4.69, 9.17) is 9.47 Å². The molecule has 3 aromatic rings. The summed E-state index contributed by atoms with van der Waals surface area (Å²) >= 11 is 0. The van der Waals surface area contributed by atoms with Crippen LogP contribution in [0.1, 0.15) is 115 Å². The standard InChI is InChI=1S/C50H61N3O6/c1-33-15-21-40-38(31-33)49(5,6)42(52(40)27-11-13-44(54)55)23-18-34-16-17-35(46(34)59-47(48(2,3)4)36-25-29-51(9)30-26-36)19-24-43-50(7,8)39-32-37(58-10)20-22-41(39)53(43)28-12-14-45(56)57/h15,18-26,29-32,47H,11-14,16-17,27-28H2,1-10H3/p+2. The Kier molecular flexibility index (Phi) is 12.5. The van der Waals surface area contributed by atoms with Crippen molar-refractivity contribution in [3.05, 3.63) is 130 Å². The molecule has 0 amide bonds. The lowest BCUT2D eigenvalue weighted by Crippen LogP contribution is -2.28. The summed E-state index contributed by atoms with van der Waals surface area (Å²) in [6.07, 6.45) is 15.6. The molecular weight excluding hydrogens is 739 g/mol. The molecule has 59 heavy (non-hydrogen) atoms. The van der Waals surface area contributed by atoms with Crippen LogP contribution in [0, 0.1) is 12.3 Å². The van der Waals surface area contributed by atoms with Crippen molar-refractivity contribution in [3.63, 3.8) is 0 Å². The normalized spacial score (nSPS) is 18.9. The van der Waals surface area contributed by atoms with Crippen molar-refractivity contribution >= 4 is 29.0 Å². The summed E-state index contributed by atoms with van der Waals surface area (Å²) in [4.78, 5) is 25.4. The van der Waals surface area contributed by atoms with Gasteiger partial charge in [-0.3, -0.25) is 9.59 Å². The number of ether oxygens (including phenoxy) is 2. The lowest BCUT2D eigenvalue weighted by molar-refractivity contribution is -0.671. The van der Waals surface area contributed by atoms with E-state index in [1.54, 1.807) is 7.11 Å². The second kappa shape index (κ2) is 17.0. The molecule has 9 nitrogen and oxygen atoms in total. The minimum absolute atomic E-state index is 0.0937. The summed E-state index contributed by atoms with van der Waals surface area (Å²) < 4.78 is 17.2. The first-order valence-electron chi connectivity index (χ1n) is 20.9. The van der Waals surface area contributed by atoms with Gasteiger partial charge in [0.05, 0.1) is 18.9 Å². The van der Waals surface area contributed by atoms with Gasteiger partial charge in [-0.25, -0.2) is 4.57 Å². The van der Waals surface area contributed by atoms with Crippen LogP contribution in [-0.2, 0) is 32.2 Å². The summed E-state index contributed by atoms with van der Waals surface area (Å²) in [6, 6.07) is 17.0. The number of rotatable bonds is 15. The van der Waals surface area contributed by atoms with Gasteiger partial charge in [-0.2, -0.15) is 4.58 Å². The average Bonchev–Trinajstić information content (AvgIpc) is 3.72. The van der Waals surface area contributed by atoms with E-state index < -0.39 is 11.9 Å². The number of hydrogen-bond donors (Lipinski definition) is 2. The van der Waals surface area contributed by atoms with E-state index in [2.05, 4.69) is 144 Å². The Morgan fingerprint density at radius 3 is 2.24 bits per heavy atom. The van der Waals surface area contributed by atoms with Crippen molar-refractivity contribution in [1.82, 2.24) is 0 Å². The first-order valence-corrected chi connectivity index (χ1v) is 20.9. The molecule has 0 saturated carbocycles. The van der Waals surface area contributed by atoms with E-state index in [-0.39, 0.29) is 35.2 Å². The highest BCUT2D eigenvalue weighted by Crippen LogP contribution is 2.49.